The first-order valence-electron chi connectivity index (χ1n) is 7.38. The third kappa shape index (κ3) is 3.69. The SMILES string of the molecule is Cn1cc(C(=O)NC2CCCN(c3ncc(Br)cc3F)C2)cn1. The van der Waals surface area contributed by atoms with Crippen molar-refractivity contribution in [3.05, 3.63) is 40.5 Å². The second-order valence-electron chi connectivity index (χ2n) is 5.62. The Morgan fingerprint density at radius 2 is 2.30 bits per heavy atom. The molecule has 1 aliphatic heterocycles. The van der Waals surface area contributed by atoms with Crippen molar-refractivity contribution in [3.63, 3.8) is 0 Å². The average molecular weight is 382 g/mol. The maximum atomic E-state index is 14.1. The van der Waals surface area contributed by atoms with Gasteiger partial charge in [-0.3, -0.25) is 9.48 Å². The number of aryl methyl sites for hydroxylation is 1. The van der Waals surface area contributed by atoms with E-state index in [2.05, 4.69) is 31.3 Å². The first-order chi connectivity index (χ1) is 11.0. The summed E-state index contributed by atoms with van der Waals surface area (Å²) in [5.74, 6) is -0.193. The molecule has 1 unspecified atom stereocenters. The summed E-state index contributed by atoms with van der Waals surface area (Å²) in [6, 6.07) is 1.36. The number of carbonyl (C=O) groups excluding carboxylic acids is 1. The number of carbonyl (C=O) groups is 1. The van der Waals surface area contributed by atoms with E-state index in [1.165, 1.54) is 12.3 Å². The monoisotopic (exact) mass is 381 g/mol. The van der Waals surface area contributed by atoms with Gasteiger partial charge in [0.05, 0.1) is 11.8 Å². The minimum atomic E-state index is -0.362. The molecule has 1 aliphatic rings. The Kier molecular flexibility index (Phi) is 4.61. The van der Waals surface area contributed by atoms with Crippen molar-refractivity contribution < 1.29 is 9.18 Å². The fourth-order valence-electron chi connectivity index (χ4n) is 2.73. The average Bonchev–Trinajstić information content (AvgIpc) is 2.94. The molecule has 1 atom stereocenters. The number of amides is 1. The van der Waals surface area contributed by atoms with Gasteiger partial charge < -0.3 is 10.2 Å². The molecule has 0 saturated carbocycles. The number of pyridine rings is 1. The minimum absolute atomic E-state index is 0.0405. The molecule has 1 N–H and O–H groups in total. The third-order valence-corrected chi connectivity index (χ3v) is 4.25. The normalized spacial score (nSPS) is 18.0. The smallest absolute Gasteiger partial charge is 0.254 e. The zero-order valence-electron chi connectivity index (χ0n) is 12.7. The fraction of sp³-hybridized carbons (Fsp3) is 0.400. The first kappa shape index (κ1) is 15.9. The van der Waals surface area contributed by atoms with Crippen molar-refractivity contribution in [1.29, 1.82) is 0 Å². The standard InChI is InChI=1S/C15H17BrFN5O/c1-21-8-10(6-19-21)15(23)20-12-3-2-4-22(9-12)14-13(17)5-11(16)7-18-14/h5-8,12H,2-4,9H2,1H3,(H,20,23). The second-order valence-corrected chi connectivity index (χ2v) is 6.54. The number of hydrogen-bond acceptors (Lipinski definition) is 4. The van der Waals surface area contributed by atoms with Gasteiger partial charge >= 0.3 is 0 Å². The fourth-order valence-corrected chi connectivity index (χ4v) is 3.04. The van der Waals surface area contributed by atoms with Crippen molar-refractivity contribution >= 4 is 27.7 Å². The Morgan fingerprint density at radius 1 is 1.48 bits per heavy atom. The molecule has 1 saturated heterocycles. The summed E-state index contributed by atoms with van der Waals surface area (Å²) in [6.07, 6.45) is 6.52. The van der Waals surface area contributed by atoms with Crippen LogP contribution in [0.5, 0.6) is 0 Å². The van der Waals surface area contributed by atoms with E-state index in [1.807, 2.05) is 4.90 Å². The molecule has 122 valence electrons. The number of anilines is 1. The van der Waals surface area contributed by atoms with Gasteiger partial charge in [-0.05, 0) is 34.8 Å². The number of aromatic nitrogens is 3. The van der Waals surface area contributed by atoms with Gasteiger partial charge in [0.1, 0.15) is 0 Å². The van der Waals surface area contributed by atoms with Crippen molar-refractivity contribution in [2.24, 2.45) is 7.05 Å². The number of halogens is 2. The van der Waals surface area contributed by atoms with Crippen LogP contribution >= 0.6 is 15.9 Å². The summed E-state index contributed by atoms with van der Waals surface area (Å²) in [5, 5.41) is 6.98. The summed E-state index contributed by atoms with van der Waals surface area (Å²) in [5.41, 5.74) is 0.526. The van der Waals surface area contributed by atoms with Crippen molar-refractivity contribution in [1.82, 2.24) is 20.1 Å². The molecule has 3 rings (SSSR count). The predicted molar refractivity (Wildman–Crippen MR) is 87.8 cm³/mol. The molecule has 2 aromatic rings. The molecule has 1 fully saturated rings. The van der Waals surface area contributed by atoms with Crippen LogP contribution in [-0.4, -0.2) is 39.8 Å². The van der Waals surface area contributed by atoms with Gasteiger partial charge in [0, 0.05) is 43.0 Å². The van der Waals surface area contributed by atoms with E-state index in [4.69, 9.17) is 0 Å². The summed E-state index contributed by atoms with van der Waals surface area (Å²) in [7, 11) is 1.76. The lowest BCUT2D eigenvalue weighted by molar-refractivity contribution is 0.0933. The lowest BCUT2D eigenvalue weighted by Crippen LogP contribution is -2.48. The van der Waals surface area contributed by atoms with Gasteiger partial charge in [-0.25, -0.2) is 9.37 Å². The van der Waals surface area contributed by atoms with Crippen LogP contribution in [0.25, 0.3) is 0 Å². The molecule has 0 spiro atoms. The predicted octanol–water partition coefficient (Wildman–Crippen LogP) is 2.12. The van der Waals surface area contributed by atoms with E-state index >= 15 is 0 Å². The van der Waals surface area contributed by atoms with Crippen LogP contribution in [0.1, 0.15) is 23.2 Å². The molecule has 0 radical (unpaired) electrons. The Bertz CT molecular complexity index is 720. The van der Waals surface area contributed by atoms with Crippen LogP contribution in [0.2, 0.25) is 0 Å². The van der Waals surface area contributed by atoms with Crippen LogP contribution in [0.15, 0.2) is 29.1 Å². The molecular formula is C15H17BrFN5O. The van der Waals surface area contributed by atoms with E-state index in [9.17, 15) is 9.18 Å². The Labute approximate surface area is 141 Å². The van der Waals surface area contributed by atoms with E-state index in [0.717, 1.165) is 19.4 Å². The van der Waals surface area contributed by atoms with Crippen LogP contribution in [0, 0.1) is 5.82 Å². The molecule has 0 bridgehead atoms. The Balaban J connectivity index is 1.67. The number of nitrogens with zero attached hydrogens (tertiary/aromatic N) is 4. The summed E-state index contributed by atoms with van der Waals surface area (Å²) < 4.78 is 16.3. The lowest BCUT2D eigenvalue weighted by atomic mass is 10.1. The van der Waals surface area contributed by atoms with Crippen molar-refractivity contribution in [2.75, 3.05) is 18.0 Å². The number of piperidine rings is 1. The second kappa shape index (κ2) is 6.66. The number of rotatable bonds is 3. The molecule has 3 heterocycles. The molecule has 8 heteroatoms. The molecule has 6 nitrogen and oxygen atoms in total. The van der Waals surface area contributed by atoms with E-state index in [-0.39, 0.29) is 17.8 Å². The van der Waals surface area contributed by atoms with Crippen LogP contribution < -0.4 is 10.2 Å². The topological polar surface area (TPSA) is 63.1 Å². The van der Waals surface area contributed by atoms with Gasteiger partial charge in [-0.2, -0.15) is 5.10 Å². The van der Waals surface area contributed by atoms with Crippen molar-refractivity contribution in [2.45, 2.75) is 18.9 Å². The molecule has 1 amide bonds. The lowest BCUT2D eigenvalue weighted by Gasteiger charge is -2.34. The van der Waals surface area contributed by atoms with Crippen LogP contribution in [0.4, 0.5) is 10.2 Å². The van der Waals surface area contributed by atoms with Gasteiger partial charge in [0.15, 0.2) is 11.6 Å². The molecule has 23 heavy (non-hydrogen) atoms. The summed E-state index contributed by atoms with van der Waals surface area (Å²) >= 11 is 3.21. The van der Waals surface area contributed by atoms with Crippen LogP contribution in [-0.2, 0) is 7.05 Å². The highest BCUT2D eigenvalue weighted by atomic mass is 79.9. The number of hydrogen-bond donors (Lipinski definition) is 1. The quantitative estimate of drug-likeness (QED) is 0.884. The maximum Gasteiger partial charge on any atom is 0.254 e. The van der Waals surface area contributed by atoms with Gasteiger partial charge in [-0.1, -0.05) is 0 Å². The summed E-state index contributed by atoms with van der Waals surface area (Å²) in [6.45, 7) is 1.27. The first-order valence-corrected chi connectivity index (χ1v) is 8.18. The highest BCUT2D eigenvalue weighted by Crippen LogP contribution is 2.23. The summed E-state index contributed by atoms with van der Waals surface area (Å²) in [4.78, 5) is 18.2. The zero-order valence-corrected chi connectivity index (χ0v) is 14.3. The van der Waals surface area contributed by atoms with Crippen molar-refractivity contribution in [3.8, 4) is 0 Å². The highest BCUT2D eigenvalue weighted by Gasteiger charge is 2.24. The molecule has 2 aromatic heterocycles. The molecule has 0 aromatic carbocycles. The Hall–Kier alpha value is -1.96. The zero-order chi connectivity index (χ0) is 16.4. The maximum absolute atomic E-state index is 14.1. The van der Waals surface area contributed by atoms with Crippen LogP contribution in [0.3, 0.4) is 0 Å². The van der Waals surface area contributed by atoms with Gasteiger partial charge in [0.25, 0.3) is 5.91 Å². The number of nitrogens with one attached hydrogen (secondary N) is 1. The van der Waals surface area contributed by atoms with E-state index in [0.29, 0.717) is 22.4 Å². The molecular weight excluding hydrogens is 365 g/mol. The van der Waals surface area contributed by atoms with Gasteiger partial charge in [-0.15, -0.1) is 0 Å². The van der Waals surface area contributed by atoms with E-state index < -0.39 is 0 Å². The largest absolute Gasteiger partial charge is 0.352 e. The molecule has 0 aliphatic carbocycles. The Morgan fingerprint density at radius 3 is 3.00 bits per heavy atom. The van der Waals surface area contributed by atoms with E-state index in [1.54, 1.807) is 24.1 Å². The highest BCUT2D eigenvalue weighted by molar-refractivity contribution is 9.10. The van der Waals surface area contributed by atoms with Gasteiger partial charge in [0.2, 0.25) is 0 Å². The minimum Gasteiger partial charge on any atom is -0.352 e. The third-order valence-electron chi connectivity index (χ3n) is 3.81.